The number of hydrogen-bond acceptors (Lipinski definition) is 6. The zero-order valence-corrected chi connectivity index (χ0v) is 17.2. The highest BCUT2D eigenvalue weighted by Crippen LogP contribution is 2.43. The van der Waals surface area contributed by atoms with Gasteiger partial charge in [0.1, 0.15) is 6.04 Å². The van der Waals surface area contributed by atoms with Crippen molar-refractivity contribution in [3.63, 3.8) is 0 Å². The van der Waals surface area contributed by atoms with Crippen molar-refractivity contribution in [3.8, 4) is 0 Å². The number of fused-ring (bicyclic) bond motifs is 1. The van der Waals surface area contributed by atoms with Crippen molar-refractivity contribution >= 4 is 38.4 Å². The molecule has 1 atom stereocenters. The van der Waals surface area contributed by atoms with Gasteiger partial charge in [0.2, 0.25) is 5.96 Å². The Morgan fingerprint density at radius 2 is 1.83 bits per heavy atom. The second-order valence-corrected chi connectivity index (χ2v) is 9.39. The molecule has 2 heterocycles. The fourth-order valence-electron chi connectivity index (χ4n) is 4.10. The molecular formula is C23H22N4OS. The lowest BCUT2D eigenvalue weighted by Gasteiger charge is -2.37. The lowest BCUT2D eigenvalue weighted by atomic mass is 9.73. The predicted octanol–water partition coefficient (Wildman–Crippen LogP) is 5.05. The van der Waals surface area contributed by atoms with Gasteiger partial charge in [0.25, 0.3) is 0 Å². The van der Waals surface area contributed by atoms with Crippen LogP contribution in [0.1, 0.15) is 38.3 Å². The van der Waals surface area contributed by atoms with E-state index >= 15 is 0 Å². The minimum absolute atomic E-state index is 0.0670. The highest BCUT2D eigenvalue weighted by molar-refractivity contribution is 7.22. The maximum atomic E-state index is 13.0. The first-order chi connectivity index (χ1) is 14.0. The molecule has 2 aliphatic rings. The molecule has 146 valence electrons. The molecule has 0 amide bonds. The van der Waals surface area contributed by atoms with Gasteiger partial charge in [-0.05, 0) is 29.5 Å². The molecule has 29 heavy (non-hydrogen) atoms. The van der Waals surface area contributed by atoms with E-state index in [9.17, 15) is 4.79 Å². The number of aliphatic imine (C=N–C) groups is 1. The summed E-state index contributed by atoms with van der Waals surface area (Å²) in [7, 11) is 0. The maximum Gasteiger partial charge on any atom is 0.202 e. The fraction of sp³-hybridized carbons (Fsp3) is 0.261. The normalized spacial score (nSPS) is 20.8. The van der Waals surface area contributed by atoms with Crippen LogP contribution in [0.25, 0.3) is 10.2 Å². The summed E-state index contributed by atoms with van der Waals surface area (Å²) >= 11 is 1.59. The zero-order chi connectivity index (χ0) is 20.0. The van der Waals surface area contributed by atoms with E-state index in [1.807, 2.05) is 48.5 Å². The van der Waals surface area contributed by atoms with Gasteiger partial charge in [0, 0.05) is 17.7 Å². The van der Waals surface area contributed by atoms with Gasteiger partial charge in [0.15, 0.2) is 10.9 Å². The molecule has 0 radical (unpaired) electrons. The van der Waals surface area contributed by atoms with Crippen LogP contribution >= 0.6 is 11.3 Å². The molecular weight excluding hydrogens is 380 g/mol. The van der Waals surface area contributed by atoms with Crippen molar-refractivity contribution in [3.05, 3.63) is 71.4 Å². The van der Waals surface area contributed by atoms with Gasteiger partial charge in [-0.1, -0.05) is 67.6 Å². The minimum atomic E-state index is -0.298. The molecule has 1 aliphatic carbocycles. The van der Waals surface area contributed by atoms with Gasteiger partial charge in [-0.25, -0.2) is 9.98 Å². The molecule has 1 aliphatic heterocycles. The summed E-state index contributed by atoms with van der Waals surface area (Å²) in [4.78, 5) is 22.6. The summed E-state index contributed by atoms with van der Waals surface area (Å²) in [6.07, 6.45) is 1.37. The standard InChI is InChI=1S/C23H22N4OS/c1-23(2)12-16-19(17(28)13-23)20(14-8-4-3-5-9-14)26-21(24-16)27-22-25-15-10-6-7-11-18(15)29-22/h3-11,20H,12-13H2,1-2H3,(H2,24,25,26,27). The topological polar surface area (TPSA) is 66.4 Å². The van der Waals surface area contributed by atoms with Crippen LogP contribution in [0, 0.1) is 5.41 Å². The Kier molecular flexibility index (Phi) is 4.24. The highest BCUT2D eigenvalue weighted by Gasteiger charge is 2.39. The molecule has 2 aromatic carbocycles. The first kappa shape index (κ1) is 18.1. The first-order valence-corrected chi connectivity index (χ1v) is 10.6. The molecule has 0 fully saturated rings. The van der Waals surface area contributed by atoms with Crippen molar-refractivity contribution in [2.45, 2.75) is 32.7 Å². The minimum Gasteiger partial charge on any atom is -0.329 e. The smallest absolute Gasteiger partial charge is 0.202 e. The van der Waals surface area contributed by atoms with E-state index in [4.69, 9.17) is 4.99 Å². The van der Waals surface area contributed by atoms with Crippen LogP contribution in [0.2, 0.25) is 0 Å². The number of thiazole rings is 1. The van der Waals surface area contributed by atoms with Crippen LogP contribution in [-0.4, -0.2) is 16.7 Å². The number of rotatable bonds is 2. The van der Waals surface area contributed by atoms with E-state index in [-0.39, 0.29) is 17.2 Å². The largest absolute Gasteiger partial charge is 0.329 e. The third kappa shape index (κ3) is 3.44. The lowest BCUT2D eigenvalue weighted by Crippen LogP contribution is -2.41. The second-order valence-electron chi connectivity index (χ2n) is 8.36. The number of nitrogens with zero attached hydrogens (tertiary/aromatic N) is 2. The number of carbonyl (C=O) groups is 1. The number of benzene rings is 2. The number of anilines is 1. The van der Waals surface area contributed by atoms with Gasteiger partial charge in [0.05, 0.1) is 10.2 Å². The number of ketones is 1. The third-order valence-electron chi connectivity index (χ3n) is 5.36. The van der Waals surface area contributed by atoms with Crippen molar-refractivity contribution in [2.24, 2.45) is 10.4 Å². The van der Waals surface area contributed by atoms with E-state index in [0.717, 1.165) is 38.6 Å². The number of allylic oxidation sites excluding steroid dienone is 1. The van der Waals surface area contributed by atoms with E-state index < -0.39 is 0 Å². The molecule has 5 nitrogen and oxygen atoms in total. The van der Waals surface area contributed by atoms with Crippen LogP contribution in [-0.2, 0) is 4.79 Å². The van der Waals surface area contributed by atoms with Crippen LogP contribution in [0.3, 0.4) is 0 Å². The Hall–Kier alpha value is -2.99. The summed E-state index contributed by atoms with van der Waals surface area (Å²) in [5.41, 5.74) is 3.69. The summed E-state index contributed by atoms with van der Waals surface area (Å²) in [6, 6.07) is 17.8. The van der Waals surface area contributed by atoms with Crippen molar-refractivity contribution < 1.29 is 4.79 Å². The summed E-state index contributed by atoms with van der Waals surface area (Å²) in [5, 5.41) is 7.53. The van der Waals surface area contributed by atoms with Gasteiger partial charge < -0.3 is 10.6 Å². The van der Waals surface area contributed by atoms with Crippen LogP contribution in [0.4, 0.5) is 5.13 Å². The van der Waals surface area contributed by atoms with Crippen LogP contribution in [0.15, 0.2) is 70.9 Å². The number of para-hydroxylation sites is 1. The SMILES string of the molecule is CC1(C)CC(=O)C2=C(C1)NC(Nc1nc3ccccc3s1)=NC2c1ccccc1. The summed E-state index contributed by atoms with van der Waals surface area (Å²) < 4.78 is 1.12. The third-order valence-corrected chi connectivity index (χ3v) is 6.31. The number of Topliss-reactive ketones (excluding diaryl/α,β-unsaturated/α-hetero) is 1. The van der Waals surface area contributed by atoms with Gasteiger partial charge in [-0.15, -0.1) is 0 Å². The summed E-state index contributed by atoms with van der Waals surface area (Å²) in [6.45, 7) is 4.28. The number of hydrogen-bond donors (Lipinski definition) is 2. The average Bonchev–Trinajstić information content (AvgIpc) is 3.09. The Morgan fingerprint density at radius 3 is 2.62 bits per heavy atom. The number of guanidine groups is 1. The number of carbonyl (C=O) groups excluding carboxylic acids is 1. The Labute approximate surface area is 173 Å². The Morgan fingerprint density at radius 1 is 1.07 bits per heavy atom. The number of aromatic nitrogens is 1. The molecule has 0 saturated carbocycles. The number of nitrogens with one attached hydrogen (secondary N) is 2. The van der Waals surface area contributed by atoms with E-state index in [2.05, 4.69) is 35.5 Å². The lowest BCUT2D eigenvalue weighted by molar-refractivity contribution is -0.118. The van der Waals surface area contributed by atoms with Gasteiger partial charge in [-0.3, -0.25) is 4.79 Å². The van der Waals surface area contributed by atoms with Gasteiger partial charge in [-0.2, -0.15) is 0 Å². The molecule has 1 unspecified atom stereocenters. The van der Waals surface area contributed by atoms with E-state index in [1.165, 1.54) is 0 Å². The highest BCUT2D eigenvalue weighted by atomic mass is 32.1. The maximum absolute atomic E-state index is 13.0. The molecule has 2 N–H and O–H groups in total. The molecule has 0 spiro atoms. The van der Waals surface area contributed by atoms with E-state index in [1.54, 1.807) is 11.3 Å². The molecule has 5 rings (SSSR count). The molecule has 6 heteroatoms. The van der Waals surface area contributed by atoms with Crippen molar-refractivity contribution in [2.75, 3.05) is 5.32 Å². The van der Waals surface area contributed by atoms with Crippen LogP contribution in [0.5, 0.6) is 0 Å². The Balaban J connectivity index is 1.54. The molecule has 0 bridgehead atoms. The Bertz CT molecular complexity index is 1130. The quantitative estimate of drug-likeness (QED) is 0.629. The van der Waals surface area contributed by atoms with Crippen LogP contribution < -0.4 is 10.6 Å². The van der Waals surface area contributed by atoms with Crippen molar-refractivity contribution in [1.29, 1.82) is 0 Å². The van der Waals surface area contributed by atoms with Crippen molar-refractivity contribution in [1.82, 2.24) is 10.3 Å². The zero-order valence-electron chi connectivity index (χ0n) is 16.4. The second kappa shape index (κ2) is 6.81. The monoisotopic (exact) mass is 402 g/mol. The predicted molar refractivity (Wildman–Crippen MR) is 118 cm³/mol. The van der Waals surface area contributed by atoms with E-state index in [0.29, 0.717) is 12.4 Å². The molecule has 1 aromatic heterocycles. The summed E-state index contributed by atoms with van der Waals surface area (Å²) in [5.74, 6) is 0.822. The first-order valence-electron chi connectivity index (χ1n) is 9.77. The molecule has 3 aromatic rings. The fourth-order valence-corrected chi connectivity index (χ4v) is 4.96. The average molecular weight is 403 g/mol. The molecule has 0 saturated heterocycles. The van der Waals surface area contributed by atoms with Gasteiger partial charge >= 0.3 is 0 Å².